The molecule has 0 atom stereocenters. The summed E-state index contributed by atoms with van der Waals surface area (Å²) in [5.41, 5.74) is 0.277. The summed E-state index contributed by atoms with van der Waals surface area (Å²) in [4.78, 5) is 4.53. The number of sulfone groups is 1. The minimum absolute atomic E-state index is 0. The second-order valence-electron chi connectivity index (χ2n) is 6.26. The molecule has 2 rings (SSSR count). The maximum absolute atomic E-state index is 12.5. The zero-order valence-electron chi connectivity index (χ0n) is 16.9. The van der Waals surface area contributed by atoms with E-state index in [1.165, 1.54) is 18.2 Å². The number of benzene rings is 2. The number of hydrogen-bond acceptors (Lipinski definition) is 4. The summed E-state index contributed by atoms with van der Waals surface area (Å²) in [5, 5.41) is 5.97. The largest absolute Gasteiger partial charge is 0.573 e. The van der Waals surface area contributed by atoms with Crippen LogP contribution in [0.4, 0.5) is 13.2 Å². The van der Waals surface area contributed by atoms with Gasteiger partial charge in [-0.05, 0) is 31.5 Å². The molecule has 2 aromatic rings. The zero-order valence-corrected chi connectivity index (χ0v) is 20.0. The van der Waals surface area contributed by atoms with E-state index in [1.54, 1.807) is 36.4 Å². The van der Waals surface area contributed by atoms with Gasteiger partial charge in [0.1, 0.15) is 5.75 Å². The first-order chi connectivity index (χ1) is 14.2. The Bertz CT molecular complexity index is 939. The summed E-state index contributed by atoms with van der Waals surface area (Å²) in [6.45, 7) is 2.68. The van der Waals surface area contributed by atoms with E-state index in [2.05, 4.69) is 20.4 Å². The first kappa shape index (κ1) is 27.0. The SMILES string of the molecule is CCNC(=NCc1ccccc1OC(F)(F)F)NCCCS(=O)(=O)c1ccccc1.I. The molecule has 2 N–H and O–H groups in total. The Morgan fingerprint density at radius 2 is 1.68 bits per heavy atom. The number of para-hydroxylation sites is 1. The molecule has 0 aliphatic carbocycles. The minimum Gasteiger partial charge on any atom is -0.405 e. The molecule has 0 aromatic heterocycles. The van der Waals surface area contributed by atoms with E-state index >= 15 is 0 Å². The van der Waals surface area contributed by atoms with Gasteiger partial charge in [0.15, 0.2) is 15.8 Å². The monoisotopic (exact) mass is 571 g/mol. The van der Waals surface area contributed by atoms with Gasteiger partial charge in [0.25, 0.3) is 0 Å². The molecule has 0 amide bonds. The average molecular weight is 571 g/mol. The summed E-state index contributed by atoms with van der Waals surface area (Å²) in [6, 6.07) is 14.0. The van der Waals surface area contributed by atoms with E-state index in [0.29, 0.717) is 25.5 Å². The fourth-order valence-electron chi connectivity index (χ4n) is 2.58. The van der Waals surface area contributed by atoms with E-state index in [-0.39, 0.29) is 52.5 Å². The third-order valence-corrected chi connectivity index (χ3v) is 5.75. The summed E-state index contributed by atoms with van der Waals surface area (Å²) < 4.78 is 66.2. The minimum atomic E-state index is -4.78. The third-order valence-electron chi connectivity index (χ3n) is 3.93. The van der Waals surface area contributed by atoms with Crippen LogP contribution in [0.3, 0.4) is 0 Å². The maximum Gasteiger partial charge on any atom is 0.573 e. The molecule has 0 aliphatic rings. The van der Waals surface area contributed by atoms with E-state index in [0.717, 1.165) is 0 Å². The second-order valence-corrected chi connectivity index (χ2v) is 8.37. The highest BCUT2D eigenvalue weighted by atomic mass is 127. The lowest BCUT2D eigenvalue weighted by atomic mass is 10.2. The summed E-state index contributed by atoms with van der Waals surface area (Å²) in [7, 11) is -3.37. The van der Waals surface area contributed by atoms with Crippen molar-refractivity contribution in [2.45, 2.75) is 31.1 Å². The molecule has 31 heavy (non-hydrogen) atoms. The highest BCUT2D eigenvalue weighted by Crippen LogP contribution is 2.26. The molecule has 6 nitrogen and oxygen atoms in total. The van der Waals surface area contributed by atoms with Crippen LogP contribution in [0.25, 0.3) is 0 Å². The van der Waals surface area contributed by atoms with Crippen LogP contribution in [0.2, 0.25) is 0 Å². The van der Waals surface area contributed by atoms with Crippen molar-refractivity contribution in [2.24, 2.45) is 4.99 Å². The van der Waals surface area contributed by atoms with Gasteiger partial charge < -0.3 is 15.4 Å². The quantitative estimate of drug-likeness (QED) is 0.205. The van der Waals surface area contributed by atoms with Crippen molar-refractivity contribution in [1.29, 1.82) is 0 Å². The Hall–Kier alpha value is -2.02. The molecule has 0 bridgehead atoms. The van der Waals surface area contributed by atoms with Gasteiger partial charge in [-0.25, -0.2) is 13.4 Å². The third kappa shape index (κ3) is 9.76. The van der Waals surface area contributed by atoms with E-state index in [1.807, 2.05) is 6.92 Å². The lowest BCUT2D eigenvalue weighted by Gasteiger charge is -2.14. The van der Waals surface area contributed by atoms with Crippen LogP contribution in [0.5, 0.6) is 5.75 Å². The molecule has 0 saturated carbocycles. The molecule has 0 radical (unpaired) electrons. The van der Waals surface area contributed by atoms with Gasteiger partial charge >= 0.3 is 6.36 Å². The number of nitrogens with one attached hydrogen (secondary N) is 2. The smallest absolute Gasteiger partial charge is 0.405 e. The standard InChI is InChI=1S/C20H24F3N3O3S.HI/c1-2-24-19(25-13-8-14-30(27,28)17-10-4-3-5-11-17)26-15-16-9-6-7-12-18(16)29-20(21,22)23;/h3-7,9-12H,2,8,13-15H2,1H3,(H2,24,25,26);1H. The number of rotatable bonds is 9. The van der Waals surface area contributed by atoms with E-state index in [4.69, 9.17) is 0 Å². The van der Waals surface area contributed by atoms with Gasteiger partial charge in [-0.3, -0.25) is 0 Å². The summed E-state index contributed by atoms with van der Waals surface area (Å²) >= 11 is 0. The first-order valence-electron chi connectivity index (χ1n) is 9.35. The number of ether oxygens (including phenoxy) is 1. The van der Waals surface area contributed by atoms with Crippen LogP contribution < -0.4 is 15.4 Å². The number of halogens is 4. The van der Waals surface area contributed by atoms with Crippen LogP contribution in [0.1, 0.15) is 18.9 Å². The number of alkyl halides is 3. The van der Waals surface area contributed by atoms with Crippen LogP contribution in [0.15, 0.2) is 64.5 Å². The first-order valence-corrected chi connectivity index (χ1v) is 11.0. The van der Waals surface area contributed by atoms with E-state index in [9.17, 15) is 21.6 Å². The molecular formula is C20H25F3IN3O3S. The van der Waals surface area contributed by atoms with Crippen LogP contribution >= 0.6 is 24.0 Å². The van der Waals surface area contributed by atoms with Crippen molar-refractivity contribution in [3.63, 3.8) is 0 Å². The predicted octanol–water partition coefficient (Wildman–Crippen LogP) is 4.12. The van der Waals surface area contributed by atoms with Crippen molar-refractivity contribution in [3.05, 3.63) is 60.2 Å². The lowest BCUT2D eigenvalue weighted by Crippen LogP contribution is -2.38. The van der Waals surface area contributed by atoms with Crippen molar-refractivity contribution < 1.29 is 26.3 Å². The molecule has 0 saturated heterocycles. The Morgan fingerprint density at radius 3 is 2.32 bits per heavy atom. The van der Waals surface area contributed by atoms with Gasteiger partial charge in [-0.2, -0.15) is 0 Å². The van der Waals surface area contributed by atoms with Gasteiger partial charge in [-0.15, -0.1) is 37.1 Å². The lowest BCUT2D eigenvalue weighted by molar-refractivity contribution is -0.274. The summed E-state index contributed by atoms with van der Waals surface area (Å²) in [6.07, 6.45) is -4.44. The van der Waals surface area contributed by atoms with Crippen molar-refractivity contribution >= 4 is 39.8 Å². The van der Waals surface area contributed by atoms with Gasteiger partial charge in [0, 0.05) is 18.7 Å². The number of aliphatic imine (C=N–C) groups is 1. The normalized spacial score (nSPS) is 12.1. The number of hydrogen-bond donors (Lipinski definition) is 2. The molecule has 2 aromatic carbocycles. The molecule has 172 valence electrons. The molecule has 0 heterocycles. The highest BCUT2D eigenvalue weighted by Gasteiger charge is 2.31. The van der Waals surface area contributed by atoms with Crippen molar-refractivity contribution in [3.8, 4) is 5.75 Å². The van der Waals surface area contributed by atoms with Crippen LogP contribution in [-0.2, 0) is 16.4 Å². The highest BCUT2D eigenvalue weighted by molar-refractivity contribution is 14.0. The molecule has 11 heteroatoms. The van der Waals surface area contributed by atoms with Crippen LogP contribution in [0, 0.1) is 0 Å². The Morgan fingerprint density at radius 1 is 1.03 bits per heavy atom. The Labute approximate surface area is 197 Å². The fourth-order valence-corrected chi connectivity index (χ4v) is 3.91. The number of guanidine groups is 1. The number of nitrogens with zero attached hydrogens (tertiary/aromatic N) is 1. The van der Waals surface area contributed by atoms with Crippen molar-refractivity contribution in [1.82, 2.24) is 10.6 Å². The predicted molar refractivity (Wildman–Crippen MR) is 124 cm³/mol. The van der Waals surface area contributed by atoms with Gasteiger partial charge in [-0.1, -0.05) is 36.4 Å². The zero-order chi connectivity index (χ0) is 22.0. The molecule has 0 spiro atoms. The van der Waals surface area contributed by atoms with Crippen molar-refractivity contribution in [2.75, 3.05) is 18.8 Å². The molecule has 0 aliphatic heterocycles. The van der Waals surface area contributed by atoms with E-state index < -0.39 is 16.2 Å². The maximum atomic E-state index is 12.5. The van der Waals surface area contributed by atoms with Gasteiger partial charge in [0.05, 0.1) is 17.2 Å². The second kappa shape index (κ2) is 12.7. The average Bonchev–Trinajstić information content (AvgIpc) is 2.70. The fraction of sp³-hybridized carbons (Fsp3) is 0.350. The van der Waals surface area contributed by atoms with Crippen LogP contribution in [-0.4, -0.2) is 39.6 Å². The van der Waals surface area contributed by atoms with Gasteiger partial charge in [0.2, 0.25) is 0 Å². The Kier molecular flexibility index (Phi) is 11.1. The Balaban J connectivity index is 0.00000480. The summed E-state index contributed by atoms with van der Waals surface area (Å²) in [5.74, 6) is 0.0288. The molecule has 0 unspecified atom stereocenters. The molecule has 0 fully saturated rings. The topological polar surface area (TPSA) is 79.8 Å². The molecular weight excluding hydrogens is 546 g/mol.